The van der Waals surface area contributed by atoms with Crippen molar-refractivity contribution in [1.29, 1.82) is 0 Å². The van der Waals surface area contributed by atoms with E-state index in [0.29, 0.717) is 11.3 Å². The highest BCUT2D eigenvalue weighted by molar-refractivity contribution is 5.78. The van der Waals surface area contributed by atoms with E-state index in [1.807, 2.05) is 0 Å². The molecule has 0 saturated heterocycles. The zero-order valence-corrected chi connectivity index (χ0v) is 10.8. The molecule has 0 aliphatic carbocycles. The number of hydrogen-bond acceptors (Lipinski definition) is 7. The van der Waals surface area contributed by atoms with Crippen molar-refractivity contribution < 1.29 is 24.8 Å². The van der Waals surface area contributed by atoms with E-state index in [1.165, 1.54) is 0 Å². The van der Waals surface area contributed by atoms with Crippen LogP contribution >= 0.6 is 0 Å². The molecule has 0 fully saturated rings. The summed E-state index contributed by atoms with van der Waals surface area (Å²) >= 11 is 0. The largest absolute Gasteiger partial charge is 0.504 e. The highest BCUT2D eigenvalue weighted by Gasteiger charge is 2.41. The fourth-order valence-corrected chi connectivity index (χ4v) is 2.39. The summed E-state index contributed by atoms with van der Waals surface area (Å²) in [5.41, 5.74) is -1.60. The Labute approximate surface area is 122 Å². The molecular weight excluding hydrogens is 296 g/mol. The molecule has 9 heteroatoms. The second kappa shape index (κ2) is 4.58. The fraction of sp³-hybridized carbons (Fsp3) is 0.0769. The number of nitrogens with zero attached hydrogens (tertiary/aromatic N) is 2. The maximum atomic E-state index is 11.2. The van der Waals surface area contributed by atoms with Crippen molar-refractivity contribution in [2.45, 2.75) is 6.42 Å². The van der Waals surface area contributed by atoms with Crippen LogP contribution in [0.15, 0.2) is 24.3 Å². The van der Waals surface area contributed by atoms with E-state index in [2.05, 4.69) is 0 Å². The number of aromatic hydroxyl groups is 2. The first-order chi connectivity index (χ1) is 10.4. The summed E-state index contributed by atoms with van der Waals surface area (Å²) in [5.74, 6) is -2.05. The summed E-state index contributed by atoms with van der Waals surface area (Å²) < 4.78 is 5.38. The molecule has 112 valence electrons. The van der Waals surface area contributed by atoms with E-state index in [-0.39, 0.29) is 12.0 Å². The predicted molar refractivity (Wildman–Crippen MR) is 72.4 cm³/mol. The van der Waals surface area contributed by atoms with Gasteiger partial charge in [0.05, 0.1) is 15.4 Å². The lowest BCUT2D eigenvalue weighted by molar-refractivity contribution is -0.423. The van der Waals surface area contributed by atoms with E-state index in [0.717, 1.165) is 0 Å². The van der Waals surface area contributed by atoms with Gasteiger partial charge in [-0.25, -0.2) is 0 Å². The Kier molecular flexibility index (Phi) is 2.84. The van der Waals surface area contributed by atoms with Crippen molar-refractivity contribution in [3.8, 4) is 23.0 Å². The molecule has 2 N–H and O–H groups in total. The van der Waals surface area contributed by atoms with Crippen LogP contribution in [0.5, 0.6) is 23.0 Å². The van der Waals surface area contributed by atoms with Gasteiger partial charge < -0.3 is 14.9 Å². The van der Waals surface area contributed by atoms with Crippen LogP contribution in [0.4, 0.5) is 11.4 Å². The first-order valence-electron chi connectivity index (χ1n) is 6.07. The van der Waals surface area contributed by atoms with Crippen LogP contribution in [0.3, 0.4) is 0 Å². The molecule has 0 amide bonds. The van der Waals surface area contributed by atoms with E-state index in [1.54, 1.807) is 24.3 Å². The molecule has 0 spiro atoms. The number of nitro benzene ring substituents is 2. The van der Waals surface area contributed by atoms with Gasteiger partial charge in [-0.2, -0.15) is 0 Å². The minimum atomic E-state index is -1.19. The lowest BCUT2D eigenvalue weighted by Crippen LogP contribution is -2.08. The van der Waals surface area contributed by atoms with Gasteiger partial charge in [0.2, 0.25) is 11.5 Å². The Morgan fingerprint density at radius 3 is 2.27 bits per heavy atom. The van der Waals surface area contributed by atoms with Gasteiger partial charge in [-0.1, -0.05) is 18.2 Å². The molecule has 0 aromatic heterocycles. The van der Waals surface area contributed by atoms with Crippen molar-refractivity contribution in [3.63, 3.8) is 0 Å². The van der Waals surface area contributed by atoms with Crippen molar-refractivity contribution in [1.82, 2.24) is 0 Å². The minimum absolute atomic E-state index is 0.0454. The monoisotopic (exact) mass is 304 g/mol. The van der Waals surface area contributed by atoms with Crippen LogP contribution in [-0.2, 0) is 6.42 Å². The number of phenols is 2. The number of benzene rings is 2. The summed E-state index contributed by atoms with van der Waals surface area (Å²) in [6.07, 6.45) is 0.0454. The molecule has 2 aromatic rings. The molecular formula is C13H8N2O7. The Morgan fingerprint density at radius 2 is 1.64 bits per heavy atom. The first-order valence-corrected chi connectivity index (χ1v) is 6.07. The molecule has 1 heterocycles. The van der Waals surface area contributed by atoms with Crippen LogP contribution in [0.2, 0.25) is 0 Å². The maximum Gasteiger partial charge on any atom is 0.395 e. The number of hydrogen-bond donors (Lipinski definition) is 2. The SMILES string of the molecule is O=[N+]([O-])c1c(O)c(O)c2c(c1[N+](=O)[O-])Oc1ccccc1C2. The summed E-state index contributed by atoms with van der Waals surface area (Å²) in [7, 11) is 0. The smallest absolute Gasteiger partial charge is 0.395 e. The normalized spacial score (nSPS) is 12.0. The second-order valence-corrected chi connectivity index (χ2v) is 4.60. The summed E-state index contributed by atoms with van der Waals surface area (Å²) in [4.78, 5) is 20.1. The van der Waals surface area contributed by atoms with Gasteiger partial charge in [-0.05, 0) is 11.6 Å². The number of rotatable bonds is 2. The average Bonchev–Trinajstić information content (AvgIpc) is 2.48. The number of nitro groups is 2. The lowest BCUT2D eigenvalue weighted by Gasteiger charge is -2.20. The van der Waals surface area contributed by atoms with Crippen molar-refractivity contribution in [3.05, 3.63) is 55.6 Å². The van der Waals surface area contributed by atoms with Gasteiger partial charge in [-0.3, -0.25) is 20.2 Å². The molecule has 0 unspecified atom stereocenters. The molecule has 2 aromatic carbocycles. The topological polar surface area (TPSA) is 136 Å². The molecule has 1 aliphatic heterocycles. The van der Waals surface area contributed by atoms with Gasteiger partial charge in [0.25, 0.3) is 0 Å². The van der Waals surface area contributed by atoms with Crippen LogP contribution in [0.25, 0.3) is 0 Å². The van der Waals surface area contributed by atoms with Crippen LogP contribution in [0.1, 0.15) is 11.1 Å². The van der Waals surface area contributed by atoms with Gasteiger partial charge in [0.1, 0.15) is 5.75 Å². The van der Waals surface area contributed by atoms with Gasteiger partial charge in [-0.15, -0.1) is 0 Å². The number of para-hydroxylation sites is 1. The van der Waals surface area contributed by atoms with Crippen molar-refractivity contribution in [2.24, 2.45) is 0 Å². The third kappa shape index (κ3) is 1.79. The summed E-state index contributed by atoms with van der Waals surface area (Å²) in [6.45, 7) is 0. The summed E-state index contributed by atoms with van der Waals surface area (Å²) in [6, 6.07) is 6.59. The Balaban J connectivity index is 2.35. The van der Waals surface area contributed by atoms with E-state index < -0.39 is 38.5 Å². The third-order valence-electron chi connectivity index (χ3n) is 3.36. The van der Waals surface area contributed by atoms with E-state index in [9.17, 15) is 30.4 Å². The Bertz CT molecular complexity index is 832. The Hall–Kier alpha value is -3.36. The fourth-order valence-electron chi connectivity index (χ4n) is 2.39. The molecule has 3 rings (SSSR count). The zero-order chi connectivity index (χ0) is 16.0. The van der Waals surface area contributed by atoms with E-state index in [4.69, 9.17) is 4.74 Å². The molecule has 9 nitrogen and oxygen atoms in total. The molecule has 22 heavy (non-hydrogen) atoms. The van der Waals surface area contributed by atoms with Crippen LogP contribution < -0.4 is 4.74 Å². The van der Waals surface area contributed by atoms with Crippen molar-refractivity contribution >= 4 is 11.4 Å². The van der Waals surface area contributed by atoms with Crippen molar-refractivity contribution in [2.75, 3.05) is 0 Å². The van der Waals surface area contributed by atoms with Crippen LogP contribution in [0, 0.1) is 20.2 Å². The third-order valence-corrected chi connectivity index (χ3v) is 3.36. The average molecular weight is 304 g/mol. The highest BCUT2D eigenvalue weighted by atomic mass is 16.6. The summed E-state index contributed by atoms with van der Waals surface area (Å²) in [5, 5.41) is 41.9. The van der Waals surface area contributed by atoms with Gasteiger partial charge in [0.15, 0.2) is 5.75 Å². The minimum Gasteiger partial charge on any atom is -0.504 e. The highest BCUT2D eigenvalue weighted by Crippen LogP contribution is 2.55. The molecule has 0 atom stereocenters. The standard InChI is InChI=1S/C13H8N2O7/c16-11-7-5-6-3-1-2-4-8(6)22-13(7)10(15(20)21)9(12(11)17)14(18)19/h1-4,16-17H,5H2. The van der Waals surface area contributed by atoms with Gasteiger partial charge >= 0.3 is 11.4 Å². The Morgan fingerprint density at radius 1 is 1.00 bits per heavy atom. The molecule has 0 radical (unpaired) electrons. The zero-order valence-electron chi connectivity index (χ0n) is 10.8. The first kappa shape index (κ1) is 13.6. The molecule has 0 bridgehead atoms. The van der Waals surface area contributed by atoms with Crippen LogP contribution in [-0.4, -0.2) is 20.1 Å². The lowest BCUT2D eigenvalue weighted by atomic mass is 9.97. The van der Waals surface area contributed by atoms with Gasteiger partial charge in [0, 0.05) is 6.42 Å². The number of fused-ring (bicyclic) bond motifs is 2. The second-order valence-electron chi connectivity index (χ2n) is 4.60. The number of phenolic OH excluding ortho intramolecular Hbond substituents is 2. The molecule has 1 aliphatic rings. The maximum absolute atomic E-state index is 11.2. The quantitative estimate of drug-likeness (QED) is 0.421. The predicted octanol–water partition coefficient (Wildman–Crippen LogP) is 2.61. The molecule has 0 saturated carbocycles. The number of ether oxygens (including phenoxy) is 1. The van der Waals surface area contributed by atoms with E-state index >= 15 is 0 Å².